The smallest absolute Gasteiger partial charge is 0.264 e. The number of nitrogens with one attached hydrogen (secondary N) is 1. The highest BCUT2D eigenvalue weighted by Crippen LogP contribution is 2.34. The van der Waals surface area contributed by atoms with Crippen molar-refractivity contribution in [2.75, 3.05) is 25.1 Å². The number of ether oxygens (including phenoxy) is 2. The Morgan fingerprint density at radius 1 is 0.941 bits per heavy atom. The Morgan fingerprint density at radius 2 is 1.59 bits per heavy atom. The molecule has 0 saturated carbocycles. The molecule has 34 heavy (non-hydrogen) atoms. The van der Waals surface area contributed by atoms with Crippen LogP contribution in [0.3, 0.4) is 0 Å². The van der Waals surface area contributed by atoms with Crippen molar-refractivity contribution in [2.24, 2.45) is 0 Å². The standard InChI is InChI=1S/C26H30N2O5S/c1-5-23(20-9-7-6-8-10-20)27-26(29)18-28(21-13-16-24(32-3)25(17-21)33-4)34(30,31)22-14-11-19(2)12-15-22/h6-17,23H,5,18H2,1-4H3,(H,27,29)/t23-/m0/s1. The summed E-state index contributed by atoms with van der Waals surface area (Å²) in [6.07, 6.45) is 0.664. The lowest BCUT2D eigenvalue weighted by molar-refractivity contribution is -0.120. The van der Waals surface area contributed by atoms with Crippen molar-refractivity contribution < 1.29 is 22.7 Å². The van der Waals surface area contributed by atoms with E-state index in [-0.39, 0.29) is 10.9 Å². The molecule has 3 aromatic carbocycles. The summed E-state index contributed by atoms with van der Waals surface area (Å²) in [5, 5.41) is 2.97. The first-order valence-corrected chi connectivity index (χ1v) is 12.4. The van der Waals surface area contributed by atoms with Crippen LogP contribution in [-0.2, 0) is 14.8 Å². The number of aryl methyl sites for hydroxylation is 1. The molecule has 0 saturated heterocycles. The topological polar surface area (TPSA) is 84.9 Å². The van der Waals surface area contributed by atoms with Gasteiger partial charge in [0.15, 0.2) is 11.5 Å². The van der Waals surface area contributed by atoms with Crippen LogP contribution in [0.15, 0.2) is 77.7 Å². The lowest BCUT2D eigenvalue weighted by Gasteiger charge is -2.26. The zero-order valence-corrected chi connectivity index (χ0v) is 20.6. The molecule has 0 bridgehead atoms. The van der Waals surface area contributed by atoms with E-state index in [0.717, 1.165) is 15.4 Å². The molecule has 1 N–H and O–H groups in total. The summed E-state index contributed by atoms with van der Waals surface area (Å²) in [5.74, 6) is 0.403. The number of benzene rings is 3. The van der Waals surface area contributed by atoms with Crippen LogP contribution in [0.2, 0.25) is 0 Å². The molecular weight excluding hydrogens is 452 g/mol. The number of hydrogen-bond acceptors (Lipinski definition) is 5. The molecule has 0 fully saturated rings. The van der Waals surface area contributed by atoms with Gasteiger partial charge >= 0.3 is 0 Å². The van der Waals surface area contributed by atoms with E-state index in [1.807, 2.05) is 44.2 Å². The van der Waals surface area contributed by atoms with Crippen LogP contribution in [0.1, 0.15) is 30.5 Å². The molecule has 1 amide bonds. The molecule has 0 aliphatic rings. The monoisotopic (exact) mass is 482 g/mol. The van der Waals surface area contributed by atoms with Crippen molar-refractivity contribution in [2.45, 2.75) is 31.2 Å². The van der Waals surface area contributed by atoms with Crippen LogP contribution in [0.4, 0.5) is 5.69 Å². The van der Waals surface area contributed by atoms with Gasteiger partial charge in [-0.1, -0.05) is 55.0 Å². The number of methoxy groups -OCH3 is 2. The second-order valence-corrected chi connectivity index (χ2v) is 9.67. The SMILES string of the molecule is CC[C@H](NC(=O)CN(c1ccc(OC)c(OC)c1)S(=O)(=O)c1ccc(C)cc1)c1ccccc1. The van der Waals surface area contributed by atoms with Crippen LogP contribution in [-0.4, -0.2) is 35.1 Å². The predicted octanol–water partition coefficient (Wildman–Crippen LogP) is 4.48. The van der Waals surface area contributed by atoms with Crippen LogP contribution in [0.25, 0.3) is 0 Å². The Bertz CT molecular complexity index is 1210. The van der Waals surface area contributed by atoms with Crippen LogP contribution < -0.4 is 19.1 Å². The van der Waals surface area contributed by atoms with Crippen molar-refractivity contribution in [1.82, 2.24) is 5.32 Å². The number of anilines is 1. The van der Waals surface area contributed by atoms with E-state index in [2.05, 4.69) is 5.32 Å². The molecule has 0 spiro atoms. The van der Waals surface area contributed by atoms with E-state index in [1.54, 1.807) is 30.3 Å². The lowest BCUT2D eigenvalue weighted by Crippen LogP contribution is -2.42. The van der Waals surface area contributed by atoms with Crippen LogP contribution in [0.5, 0.6) is 11.5 Å². The fourth-order valence-electron chi connectivity index (χ4n) is 3.61. The summed E-state index contributed by atoms with van der Waals surface area (Å²) < 4.78 is 39.0. The predicted molar refractivity (Wildman–Crippen MR) is 133 cm³/mol. The number of sulfonamides is 1. The Morgan fingerprint density at radius 3 is 2.18 bits per heavy atom. The number of carbonyl (C=O) groups excluding carboxylic acids is 1. The Hall–Kier alpha value is -3.52. The van der Waals surface area contributed by atoms with Gasteiger partial charge in [0.1, 0.15) is 6.54 Å². The first-order valence-electron chi connectivity index (χ1n) is 11.0. The van der Waals surface area contributed by atoms with Gasteiger partial charge in [-0.3, -0.25) is 9.10 Å². The summed E-state index contributed by atoms with van der Waals surface area (Å²) in [7, 11) is -1.07. The van der Waals surface area contributed by atoms with E-state index in [0.29, 0.717) is 23.6 Å². The average molecular weight is 483 g/mol. The van der Waals surface area contributed by atoms with Gasteiger partial charge < -0.3 is 14.8 Å². The second kappa shape index (κ2) is 11.1. The fourth-order valence-corrected chi connectivity index (χ4v) is 5.02. The summed E-state index contributed by atoms with van der Waals surface area (Å²) in [5.41, 5.74) is 2.18. The maximum absolute atomic E-state index is 13.6. The van der Waals surface area contributed by atoms with E-state index in [9.17, 15) is 13.2 Å². The minimum Gasteiger partial charge on any atom is -0.493 e. The van der Waals surface area contributed by atoms with Crippen molar-refractivity contribution in [3.05, 3.63) is 83.9 Å². The summed E-state index contributed by atoms with van der Waals surface area (Å²) in [6, 6.07) is 20.6. The van der Waals surface area contributed by atoms with E-state index in [1.165, 1.54) is 26.4 Å². The fraction of sp³-hybridized carbons (Fsp3) is 0.269. The Balaban J connectivity index is 1.98. The van der Waals surface area contributed by atoms with Gasteiger partial charge in [-0.15, -0.1) is 0 Å². The number of amides is 1. The molecule has 8 heteroatoms. The summed E-state index contributed by atoms with van der Waals surface area (Å²) >= 11 is 0. The van der Waals surface area contributed by atoms with Crippen LogP contribution in [0, 0.1) is 6.92 Å². The molecule has 1 atom stereocenters. The summed E-state index contributed by atoms with van der Waals surface area (Å²) in [4.78, 5) is 13.2. The van der Waals surface area contributed by atoms with Crippen LogP contribution >= 0.6 is 0 Å². The number of nitrogens with zero attached hydrogens (tertiary/aromatic N) is 1. The van der Waals surface area contributed by atoms with Gasteiger partial charge in [0, 0.05) is 6.07 Å². The minimum absolute atomic E-state index is 0.0933. The van der Waals surface area contributed by atoms with Crippen molar-refractivity contribution in [1.29, 1.82) is 0 Å². The molecule has 3 rings (SSSR count). The first-order chi connectivity index (χ1) is 16.3. The third-order valence-corrected chi connectivity index (χ3v) is 7.28. The number of rotatable bonds is 10. The molecule has 7 nitrogen and oxygen atoms in total. The number of hydrogen-bond donors (Lipinski definition) is 1. The molecular formula is C26H30N2O5S. The van der Waals surface area contributed by atoms with Crippen molar-refractivity contribution in [3.63, 3.8) is 0 Å². The Labute approximate surface area is 201 Å². The van der Waals surface area contributed by atoms with Crippen molar-refractivity contribution in [3.8, 4) is 11.5 Å². The molecule has 0 radical (unpaired) electrons. The molecule has 180 valence electrons. The van der Waals surface area contributed by atoms with Gasteiger partial charge in [-0.25, -0.2) is 8.42 Å². The van der Waals surface area contributed by atoms with Gasteiger partial charge in [0.25, 0.3) is 10.0 Å². The highest BCUT2D eigenvalue weighted by atomic mass is 32.2. The maximum atomic E-state index is 13.6. The third-order valence-electron chi connectivity index (χ3n) is 5.50. The average Bonchev–Trinajstić information content (AvgIpc) is 2.86. The van der Waals surface area contributed by atoms with Gasteiger partial charge in [-0.05, 0) is 43.2 Å². The molecule has 0 heterocycles. The van der Waals surface area contributed by atoms with E-state index < -0.39 is 22.5 Å². The molecule has 0 aliphatic carbocycles. The third kappa shape index (κ3) is 5.69. The summed E-state index contributed by atoms with van der Waals surface area (Å²) in [6.45, 7) is 3.45. The van der Waals surface area contributed by atoms with E-state index in [4.69, 9.17) is 9.47 Å². The minimum atomic E-state index is -4.04. The van der Waals surface area contributed by atoms with Gasteiger partial charge in [0.2, 0.25) is 5.91 Å². The molecule has 3 aromatic rings. The van der Waals surface area contributed by atoms with Gasteiger partial charge in [0.05, 0.1) is 30.8 Å². The number of carbonyl (C=O) groups is 1. The Kier molecular flexibility index (Phi) is 8.17. The highest BCUT2D eigenvalue weighted by molar-refractivity contribution is 7.92. The second-order valence-electron chi connectivity index (χ2n) is 7.80. The lowest BCUT2D eigenvalue weighted by atomic mass is 10.0. The van der Waals surface area contributed by atoms with Gasteiger partial charge in [-0.2, -0.15) is 0 Å². The quantitative estimate of drug-likeness (QED) is 0.461. The zero-order chi connectivity index (χ0) is 24.7. The first kappa shape index (κ1) is 25.1. The zero-order valence-electron chi connectivity index (χ0n) is 19.8. The largest absolute Gasteiger partial charge is 0.493 e. The molecule has 0 aromatic heterocycles. The molecule has 0 aliphatic heterocycles. The maximum Gasteiger partial charge on any atom is 0.264 e. The van der Waals surface area contributed by atoms with Crippen molar-refractivity contribution >= 4 is 21.6 Å². The normalized spacial score (nSPS) is 12.0. The molecule has 0 unspecified atom stereocenters. The van der Waals surface area contributed by atoms with E-state index >= 15 is 0 Å². The highest BCUT2D eigenvalue weighted by Gasteiger charge is 2.29.